The van der Waals surface area contributed by atoms with Gasteiger partial charge >= 0.3 is 0 Å². The molecule has 0 aliphatic rings. The number of hydrogen-bond donors (Lipinski definition) is 0. The molecule has 6 heteroatoms. The van der Waals surface area contributed by atoms with E-state index in [4.69, 9.17) is 18.4 Å². The SMILES string of the molecule is CCCCCCCCCOCCOCCOCCS(=O)OCC. The van der Waals surface area contributed by atoms with E-state index in [0.29, 0.717) is 45.4 Å². The van der Waals surface area contributed by atoms with Gasteiger partial charge in [0.25, 0.3) is 0 Å². The zero-order chi connectivity index (χ0) is 17.0. The first-order chi connectivity index (χ1) is 11.3. The normalized spacial score (nSPS) is 12.6. The van der Waals surface area contributed by atoms with E-state index in [1.807, 2.05) is 6.92 Å². The molecule has 0 spiro atoms. The fourth-order valence-electron chi connectivity index (χ4n) is 2.02. The molecule has 5 nitrogen and oxygen atoms in total. The molecular weight excluding hydrogens is 316 g/mol. The van der Waals surface area contributed by atoms with Crippen LogP contribution in [0.2, 0.25) is 0 Å². The highest BCUT2D eigenvalue weighted by molar-refractivity contribution is 7.80. The Morgan fingerprint density at radius 2 is 1.17 bits per heavy atom. The first-order valence-corrected chi connectivity index (χ1v) is 10.3. The third-order valence-electron chi connectivity index (χ3n) is 3.28. The molecule has 0 bridgehead atoms. The van der Waals surface area contributed by atoms with Gasteiger partial charge in [0.2, 0.25) is 0 Å². The van der Waals surface area contributed by atoms with Crippen LogP contribution in [0.15, 0.2) is 0 Å². The Morgan fingerprint density at radius 1 is 0.652 bits per heavy atom. The average Bonchev–Trinajstić information content (AvgIpc) is 2.54. The van der Waals surface area contributed by atoms with Crippen LogP contribution in [0.1, 0.15) is 58.8 Å². The zero-order valence-corrected chi connectivity index (χ0v) is 15.9. The summed E-state index contributed by atoms with van der Waals surface area (Å²) in [6, 6.07) is 0. The molecule has 23 heavy (non-hydrogen) atoms. The van der Waals surface area contributed by atoms with Crippen LogP contribution in [-0.4, -0.2) is 56.2 Å². The van der Waals surface area contributed by atoms with E-state index in [2.05, 4.69) is 6.92 Å². The van der Waals surface area contributed by atoms with Crippen molar-refractivity contribution < 1.29 is 22.6 Å². The second-order valence-electron chi connectivity index (χ2n) is 5.37. The molecular formula is C17H36O5S. The lowest BCUT2D eigenvalue weighted by atomic mass is 10.1. The fourth-order valence-corrected chi connectivity index (χ4v) is 2.66. The molecule has 1 unspecified atom stereocenters. The molecule has 0 amide bonds. The quantitative estimate of drug-likeness (QED) is 0.333. The molecule has 0 aromatic carbocycles. The first kappa shape index (κ1) is 23.0. The third kappa shape index (κ3) is 19.9. The van der Waals surface area contributed by atoms with Gasteiger partial charge in [0.15, 0.2) is 11.1 Å². The second-order valence-corrected chi connectivity index (χ2v) is 6.62. The van der Waals surface area contributed by atoms with E-state index < -0.39 is 11.1 Å². The Kier molecular flexibility index (Phi) is 20.0. The van der Waals surface area contributed by atoms with Gasteiger partial charge in [-0.3, -0.25) is 4.18 Å². The summed E-state index contributed by atoms with van der Waals surface area (Å²) in [7, 11) is 0. The van der Waals surface area contributed by atoms with Crippen LogP contribution in [-0.2, 0) is 29.5 Å². The molecule has 1 atom stereocenters. The Labute approximate surface area is 145 Å². The molecule has 140 valence electrons. The van der Waals surface area contributed by atoms with Crippen molar-refractivity contribution in [3.8, 4) is 0 Å². The van der Waals surface area contributed by atoms with Gasteiger partial charge in [0.1, 0.15) is 0 Å². The maximum Gasteiger partial charge on any atom is 0.157 e. The van der Waals surface area contributed by atoms with Gasteiger partial charge in [-0.2, -0.15) is 0 Å². The lowest BCUT2D eigenvalue weighted by molar-refractivity contribution is 0.0165. The lowest BCUT2D eigenvalue weighted by Crippen LogP contribution is -2.13. The lowest BCUT2D eigenvalue weighted by Gasteiger charge is -2.07. The van der Waals surface area contributed by atoms with Crippen molar-refractivity contribution in [3.63, 3.8) is 0 Å². The van der Waals surface area contributed by atoms with Crippen molar-refractivity contribution in [2.24, 2.45) is 0 Å². The van der Waals surface area contributed by atoms with E-state index in [1.54, 1.807) is 0 Å². The van der Waals surface area contributed by atoms with E-state index in [-0.39, 0.29) is 0 Å². The third-order valence-corrected chi connectivity index (χ3v) is 4.28. The highest BCUT2D eigenvalue weighted by Crippen LogP contribution is 2.06. The molecule has 0 saturated heterocycles. The molecule has 0 aromatic heterocycles. The number of unbranched alkanes of at least 4 members (excludes halogenated alkanes) is 6. The molecule has 0 rings (SSSR count). The van der Waals surface area contributed by atoms with E-state index in [0.717, 1.165) is 13.0 Å². The molecule has 0 N–H and O–H groups in total. The minimum Gasteiger partial charge on any atom is -0.379 e. The van der Waals surface area contributed by atoms with Crippen LogP contribution in [0.3, 0.4) is 0 Å². The van der Waals surface area contributed by atoms with Crippen LogP contribution in [0, 0.1) is 0 Å². The van der Waals surface area contributed by atoms with E-state index in [1.165, 1.54) is 38.5 Å². The zero-order valence-electron chi connectivity index (χ0n) is 15.1. The van der Waals surface area contributed by atoms with E-state index in [9.17, 15) is 4.21 Å². The van der Waals surface area contributed by atoms with Crippen molar-refractivity contribution >= 4 is 11.1 Å². The summed E-state index contributed by atoms with van der Waals surface area (Å²) < 4.78 is 32.3. The van der Waals surface area contributed by atoms with Crippen molar-refractivity contribution in [2.75, 3.05) is 52.0 Å². The molecule has 0 aliphatic heterocycles. The average molecular weight is 353 g/mol. The van der Waals surface area contributed by atoms with Crippen LogP contribution in [0.5, 0.6) is 0 Å². The van der Waals surface area contributed by atoms with Crippen molar-refractivity contribution in [3.05, 3.63) is 0 Å². The first-order valence-electron chi connectivity index (χ1n) is 9.06. The summed E-state index contributed by atoms with van der Waals surface area (Å²) in [5, 5.41) is 0. The highest BCUT2D eigenvalue weighted by atomic mass is 32.2. The van der Waals surface area contributed by atoms with E-state index >= 15 is 0 Å². The van der Waals surface area contributed by atoms with Crippen LogP contribution < -0.4 is 0 Å². The van der Waals surface area contributed by atoms with Crippen LogP contribution >= 0.6 is 0 Å². The standard InChI is InChI=1S/C17H36O5S/c1-3-5-6-7-8-9-10-11-19-12-13-20-14-15-21-16-17-23(18)22-4-2/h3-17H2,1-2H3. The minimum absolute atomic E-state index is 0.412. The van der Waals surface area contributed by atoms with Gasteiger partial charge in [0, 0.05) is 6.61 Å². The smallest absolute Gasteiger partial charge is 0.157 e. The second kappa shape index (κ2) is 20.0. The van der Waals surface area contributed by atoms with Crippen LogP contribution in [0.25, 0.3) is 0 Å². The number of rotatable bonds is 19. The molecule has 0 aromatic rings. The van der Waals surface area contributed by atoms with Crippen molar-refractivity contribution in [2.45, 2.75) is 58.8 Å². The summed E-state index contributed by atoms with van der Waals surface area (Å²) in [6.07, 6.45) is 9.13. The Bertz CT molecular complexity index is 251. The number of ether oxygens (including phenoxy) is 3. The van der Waals surface area contributed by atoms with Crippen molar-refractivity contribution in [1.82, 2.24) is 0 Å². The number of hydrogen-bond acceptors (Lipinski definition) is 5. The van der Waals surface area contributed by atoms with Gasteiger partial charge in [-0.15, -0.1) is 0 Å². The van der Waals surface area contributed by atoms with Gasteiger partial charge in [-0.1, -0.05) is 45.4 Å². The van der Waals surface area contributed by atoms with Crippen molar-refractivity contribution in [1.29, 1.82) is 0 Å². The predicted molar refractivity (Wildman–Crippen MR) is 95.1 cm³/mol. The topological polar surface area (TPSA) is 54.0 Å². The molecule has 0 saturated carbocycles. The summed E-state index contributed by atoms with van der Waals surface area (Å²) in [5.74, 6) is 0.412. The van der Waals surface area contributed by atoms with Gasteiger partial charge in [0.05, 0.1) is 45.4 Å². The van der Waals surface area contributed by atoms with Gasteiger partial charge in [-0.25, -0.2) is 4.21 Å². The van der Waals surface area contributed by atoms with Gasteiger partial charge < -0.3 is 14.2 Å². The van der Waals surface area contributed by atoms with Crippen LogP contribution in [0.4, 0.5) is 0 Å². The predicted octanol–water partition coefficient (Wildman–Crippen LogP) is 3.49. The molecule has 0 fully saturated rings. The highest BCUT2D eigenvalue weighted by Gasteiger charge is 1.98. The molecule has 0 heterocycles. The van der Waals surface area contributed by atoms with Gasteiger partial charge in [-0.05, 0) is 13.3 Å². The fraction of sp³-hybridized carbons (Fsp3) is 1.00. The molecule has 0 aliphatic carbocycles. The maximum absolute atomic E-state index is 11.2. The summed E-state index contributed by atoms with van der Waals surface area (Å²) >= 11 is -1.22. The summed E-state index contributed by atoms with van der Waals surface area (Å²) in [6.45, 7) is 8.10. The summed E-state index contributed by atoms with van der Waals surface area (Å²) in [5.41, 5.74) is 0. The summed E-state index contributed by atoms with van der Waals surface area (Å²) in [4.78, 5) is 0. The maximum atomic E-state index is 11.2. The monoisotopic (exact) mass is 352 g/mol. The minimum atomic E-state index is -1.22. The molecule has 0 radical (unpaired) electrons. The Balaban J connectivity index is 3.01. The largest absolute Gasteiger partial charge is 0.379 e. The Hall–Kier alpha value is -0.0100. The Morgan fingerprint density at radius 3 is 1.78 bits per heavy atom.